The van der Waals surface area contributed by atoms with Crippen molar-refractivity contribution >= 4 is 6.29 Å². The van der Waals surface area contributed by atoms with Gasteiger partial charge in [0, 0.05) is 16.7 Å². The van der Waals surface area contributed by atoms with Crippen LogP contribution in [0.1, 0.15) is 86.5 Å². The third-order valence-electron chi connectivity index (χ3n) is 13.4. The Bertz CT molecular complexity index is 1160. The number of carbonyl (C=O) groups is 1. The minimum absolute atomic E-state index is 0.0330. The Morgan fingerprint density at radius 1 is 1.05 bits per heavy atom. The molecule has 1 aliphatic heterocycles. The predicted octanol–water partition coefficient (Wildman–Crippen LogP) is 4.09. The summed E-state index contributed by atoms with van der Waals surface area (Å²) in [6.45, 7) is 16.6. The van der Waals surface area contributed by atoms with Gasteiger partial charge in [0.15, 0.2) is 6.29 Å². The summed E-state index contributed by atoms with van der Waals surface area (Å²) in [5.74, 6) is 0.607. The van der Waals surface area contributed by atoms with Crippen molar-refractivity contribution in [2.24, 2.45) is 45.3 Å². The van der Waals surface area contributed by atoms with Crippen LogP contribution in [-0.4, -0.2) is 81.3 Å². The van der Waals surface area contributed by atoms with Gasteiger partial charge in [0.25, 0.3) is 0 Å². The SMILES string of the molecule is C=C(C)/C=C/C[C@@H](C)[C@H]1CC[C@@]2(C)[C@@H]3[C@@H](O[C@@H]4O[C@H](CO)[C@@H](O)[C@H](O)[C@H]4O)C=C4[C@@H](CC[C@H](O)C4(C)C)[C@]3(C=O)CC[C@]12C. The molecule has 1 saturated heterocycles. The van der Waals surface area contributed by atoms with Crippen molar-refractivity contribution in [1.82, 2.24) is 0 Å². The third-order valence-corrected chi connectivity index (χ3v) is 13.4. The first-order valence-electron chi connectivity index (χ1n) is 16.7. The molecule has 8 nitrogen and oxygen atoms in total. The summed E-state index contributed by atoms with van der Waals surface area (Å²) in [5.41, 5.74) is 0.370. The lowest BCUT2D eigenvalue weighted by Gasteiger charge is -2.66. The highest BCUT2D eigenvalue weighted by atomic mass is 16.7. The molecule has 3 saturated carbocycles. The van der Waals surface area contributed by atoms with Gasteiger partial charge in [0.05, 0.1) is 18.8 Å². The van der Waals surface area contributed by atoms with E-state index in [1.54, 1.807) is 0 Å². The quantitative estimate of drug-likeness (QED) is 0.156. The highest BCUT2D eigenvalue weighted by molar-refractivity contribution is 5.65. The van der Waals surface area contributed by atoms with Gasteiger partial charge in [-0.3, -0.25) is 0 Å². The number of hydrogen-bond donors (Lipinski definition) is 5. The van der Waals surface area contributed by atoms with Crippen LogP contribution in [0.25, 0.3) is 0 Å². The lowest BCUT2D eigenvalue weighted by atomic mass is 9.38. The molecule has 5 aliphatic rings. The molecule has 5 rings (SSSR count). The summed E-state index contributed by atoms with van der Waals surface area (Å²) in [6, 6.07) is 0. The van der Waals surface area contributed by atoms with Crippen LogP contribution in [0.2, 0.25) is 0 Å². The van der Waals surface area contributed by atoms with E-state index >= 15 is 0 Å². The first-order valence-corrected chi connectivity index (χ1v) is 16.7. The Morgan fingerprint density at radius 2 is 1.75 bits per heavy atom. The number of hydrogen-bond acceptors (Lipinski definition) is 8. The molecule has 8 heteroatoms. The number of rotatable bonds is 8. The van der Waals surface area contributed by atoms with E-state index in [0.29, 0.717) is 24.7 Å². The van der Waals surface area contributed by atoms with Crippen LogP contribution >= 0.6 is 0 Å². The number of aliphatic hydroxyl groups excluding tert-OH is 5. The summed E-state index contributed by atoms with van der Waals surface area (Å²) in [7, 11) is 0. The second-order valence-electron chi connectivity index (χ2n) is 15.9. The van der Waals surface area contributed by atoms with E-state index < -0.39 is 60.4 Å². The van der Waals surface area contributed by atoms with E-state index in [9.17, 15) is 30.3 Å². The second kappa shape index (κ2) is 12.0. The summed E-state index contributed by atoms with van der Waals surface area (Å²) in [4.78, 5) is 13.7. The largest absolute Gasteiger partial charge is 0.394 e. The average molecular weight is 617 g/mol. The standard InChI is InChI=1S/C36H56O8/c1-20(2)9-8-10-21(3)22-13-14-35(7)31-25(43-32-30(42)29(41)28(40)26(18-37)44-32)17-24-23(11-12-27(39)33(24,4)5)36(31,19-38)16-15-34(22,35)6/h8-9,17,19,21-23,25-32,37,39-42H,1,10-16,18H2,2-7H3/b9-8+/t21-,22-,23-,25+,26-,27+,28-,29+,30-,31+,32-,34-,35+,36-/m1/s1. The topological polar surface area (TPSA) is 137 Å². The highest BCUT2D eigenvalue weighted by Crippen LogP contribution is 2.75. The van der Waals surface area contributed by atoms with Crippen LogP contribution in [0.3, 0.4) is 0 Å². The lowest BCUT2D eigenvalue weighted by Crippen LogP contribution is -2.66. The first kappa shape index (κ1) is 34.0. The van der Waals surface area contributed by atoms with Crippen molar-refractivity contribution < 1.29 is 39.8 Å². The fourth-order valence-electron chi connectivity index (χ4n) is 10.6. The molecule has 14 atom stereocenters. The van der Waals surface area contributed by atoms with Gasteiger partial charge >= 0.3 is 0 Å². The minimum Gasteiger partial charge on any atom is -0.394 e. The monoisotopic (exact) mass is 616 g/mol. The molecule has 0 amide bonds. The molecule has 0 spiro atoms. The number of aliphatic hydroxyl groups is 5. The van der Waals surface area contributed by atoms with Gasteiger partial charge in [0.2, 0.25) is 0 Å². The van der Waals surface area contributed by atoms with E-state index in [4.69, 9.17) is 9.47 Å². The Kier molecular flexibility index (Phi) is 9.26. The molecule has 4 fully saturated rings. The maximum atomic E-state index is 13.7. The molecule has 0 aromatic rings. The van der Waals surface area contributed by atoms with Crippen LogP contribution in [0.4, 0.5) is 0 Å². The van der Waals surface area contributed by atoms with E-state index in [-0.39, 0.29) is 22.7 Å². The van der Waals surface area contributed by atoms with E-state index in [1.165, 1.54) is 6.29 Å². The van der Waals surface area contributed by atoms with Gasteiger partial charge in [-0.1, -0.05) is 70.6 Å². The maximum Gasteiger partial charge on any atom is 0.187 e. The normalized spacial score (nSPS) is 49.0. The Balaban J connectivity index is 1.60. The van der Waals surface area contributed by atoms with Crippen molar-refractivity contribution in [1.29, 1.82) is 0 Å². The maximum absolute atomic E-state index is 13.7. The Hall–Kier alpha value is -1.39. The third kappa shape index (κ3) is 5.02. The Morgan fingerprint density at radius 3 is 2.39 bits per heavy atom. The van der Waals surface area contributed by atoms with Crippen LogP contribution in [0.5, 0.6) is 0 Å². The zero-order valence-electron chi connectivity index (χ0n) is 27.5. The van der Waals surface area contributed by atoms with Gasteiger partial charge in [0.1, 0.15) is 30.7 Å². The molecule has 0 unspecified atom stereocenters. The molecular weight excluding hydrogens is 560 g/mol. The zero-order chi connectivity index (χ0) is 32.4. The van der Waals surface area contributed by atoms with Gasteiger partial charge in [-0.15, -0.1) is 0 Å². The fraction of sp³-hybridized carbons (Fsp3) is 0.806. The molecular formula is C36H56O8. The smallest absolute Gasteiger partial charge is 0.187 e. The Labute approximate surface area is 263 Å². The van der Waals surface area contributed by atoms with Crippen molar-refractivity contribution in [2.75, 3.05) is 6.61 Å². The summed E-state index contributed by atoms with van der Waals surface area (Å²) >= 11 is 0. The van der Waals surface area contributed by atoms with Crippen molar-refractivity contribution in [3.05, 3.63) is 36.0 Å². The summed E-state index contributed by atoms with van der Waals surface area (Å²) < 4.78 is 12.5. The van der Waals surface area contributed by atoms with Crippen LogP contribution in [0, 0.1) is 45.3 Å². The molecule has 0 bridgehead atoms. The molecule has 1 heterocycles. The lowest BCUT2D eigenvalue weighted by molar-refractivity contribution is -0.321. The van der Waals surface area contributed by atoms with E-state index in [0.717, 1.165) is 43.3 Å². The van der Waals surface area contributed by atoms with E-state index in [1.807, 2.05) is 20.8 Å². The van der Waals surface area contributed by atoms with E-state index in [2.05, 4.69) is 45.6 Å². The fourth-order valence-corrected chi connectivity index (χ4v) is 10.6. The molecule has 0 aromatic carbocycles. The van der Waals surface area contributed by atoms with Gasteiger partial charge in [-0.05, 0) is 80.5 Å². The average Bonchev–Trinajstić information content (AvgIpc) is 3.25. The van der Waals surface area contributed by atoms with Gasteiger partial charge in [-0.25, -0.2) is 0 Å². The predicted molar refractivity (Wildman–Crippen MR) is 167 cm³/mol. The first-order chi connectivity index (χ1) is 20.6. The molecule has 4 aliphatic carbocycles. The molecule has 0 radical (unpaired) electrons. The van der Waals surface area contributed by atoms with Crippen LogP contribution in [0.15, 0.2) is 36.0 Å². The number of aldehydes is 1. The highest BCUT2D eigenvalue weighted by Gasteiger charge is 2.71. The van der Waals surface area contributed by atoms with Gasteiger partial charge in [-0.2, -0.15) is 0 Å². The number of ether oxygens (including phenoxy) is 2. The molecule has 0 aromatic heterocycles. The molecule has 44 heavy (non-hydrogen) atoms. The molecule has 5 N–H and O–H groups in total. The van der Waals surface area contributed by atoms with Crippen molar-refractivity contribution in [3.63, 3.8) is 0 Å². The second-order valence-corrected chi connectivity index (χ2v) is 15.9. The molecule has 248 valence electrons. The van der Waals surface area contributed by atoms with Crippen LogP contribution < -0.4 is 0 Å². The number of allylic oxidation sites excluding steroid dienone is 3. The summed E-state index contributed by atoms with van der Waals surface area (Å²) in [6.07, 6.45) is 5.25. The van der Waals surface area contributed by atoms with Crippen molar-refractivity contribution in [3.8, 4) is 0 Å². The van der Waals surface area contributed by atoms with Crippen molar-refractivity contribution in [2.45, 2.75) is 129 Å². The number of carbonyl (C=O) groups excluding carboxylic acids is 1. The minimum atomic E-state index is -1.56. The van der Waals surface area contributed by atoms with Gasteiger partial charge < -0.3 is 39.8 Å². The summed E-state index contributed by atoms with van der Waals surface area (Å²) in [5, 5.41) is 53.0. The number of fused-ring (bicyclic) bond motifs is 5. The zero-order valence-corrected chi connectivity index (χ0v) is 27.5. The van der Waals surface area contributed by atoms with Crippen LogP contribution in [-0.2, 0) is 14.3 Å².